The lowest BCUT2D eigenvalue weighted by molar-refractivity contribution is 0.102. The second-order valence-corrected chi connectivity index (χ2v) is 9.44. The zero-order valence-electron chi connectivity index (χ0n) is 22.8. The molecule has 41 heavy (non-hydrogen) atoms. The number of hydrogen-bond acceptors (Lipinski definition) is 7. The van der Waals surface area contributed by atoms with Crippen molar-refractivity contribution in [2.24, 2.45) is 0 Å². The molecule has 0 bridgehead atoms. The maximum absolute atomic E-state index is 13.5. The van der Waals surface area contributed by atoms with Crippen LogP contribution in [0.4, 0.5) is 10.1 Å². The molecule has 0 unspecified atom stereocenters. The molecule has 0 spiro atoms. The lowest BCUT2D eigenvalue weighted by atomic mass is 10.0. The molecule has 3 heterocycles. The molecule has 2 aromatic carbocycles. The maximum Gasteiger partial charge on any atom is 0.261 e. The Morgan fingerprint density at radius 2 is 1.66 bits per heavy atom. The SMILES string of the molecule is COc1cc2nccc(Oc3ccc(NC(=O)c4cn(C(C)C)cc(-c5ccc(F)cc5)c4=O)cn3)c2cc1OC. The number of amides is 1. The average molecular weight is 555 g/mol. The van der Waals surface area contributed by atoms with Crippen molar-refractivity contribution in [3.8, 4) is 34.3 Å². The minimum absolute atomic E-state index is 0.0234. The number of nitrogens with one attached hydrogen (secondary N) is 1. The molecular weight excluding hydrogens is 527 g/mol. The van der Waals surface area contributed by atoms with Crippen molar-refractivity contribution in [2.75, 3.05) is 19.5 Å². The third-order valence-corrected chi connectivity index (χ3v) is 6.46. The van der Waals surface area contributed by atoms with E-state index in [9.17, 15) is 14.0 Å². The van der Waals surface area contributed by atoms with Gasteiger partial charge in [-0.2, -0.15) is 0 Å². The number of hydrogen-bond donors (Lipinski definition) is 1. The van der Waals surface area contributed by atoms with Gasteiger partial charge in [-0.15, -0.1) is 0 Å². The zero-order valence-corrected chi connectivity index (χ0v) is 22.8. The van der Waals surface area contributed by atoms with Crippen LogP contribution >= 0.6 is 0 Å². The molecule has 0 saturated heterocycles. The van der Waals surface area contributed by atoms with E-state index in [1.165, 1.54) is 36.7 Å². The highest BCUT2D eigenvalue weighted by Gasteiger charge is 2.18. The normalized spacial score (nSPS) is 11.0. The van der Waals surface area contributed by atoms with Crippen molar-refractivity contribution < 1.29 is 23.4 Å². The molecular formula is C31H27FN4O5. The maximum atomic E-state index is 13.5. The van der Waals surface area contributed by atoms with Gasteiger partial charge in [-0.3, -0.25) is 14.6 Å². The van der Waals surface area contributed by atoms with E-state index < -0.39 is 17.2 Å². The fourth-order valence-corrected chi connectivity index (χ4v) is 4.25. The molecule has 9 nitrogen and oxygen atoms in total. The summed E-state index contributed by atoms with van der Waals surface area (Å²) in [6.45, 7) is 3.86. The molecule has 0 radical (unpaired) electrons. The Hall–Kier alpha value is -5.25. The van der Waals surface area contributed by atoms with Crippen molar-refractivity contribution in [3.05, 3.63) is 101 Å². The molecule has 1 amide bonds. The summed E-state index contributed by atoms with van der Waals surface area (Å²) in [5, 5.41) is 3.43. The molecule has 10 heteroatoms. The first-order valence-electron chi connectivity index (χ1n) is 12.7. The van der Waals surface area contributed by atoms with Gasteiger partial charge in [0.15, 0.2) is 11.5 Å². The van der Waals surface area contributed by atoms with Crippen LogP contribution in [0.5, 0.6) is 23.1 Å². The van der Waals surface area contributed by atoms with Crippen molar-refractivity contribution in [2.45, 2.75) is 19.9 Å². The van der Waals surface area contributed by atoms with E-state index in [4.69, 9.17) is 14.2 Å². The largest absolute Gasteiger partial charge is 0.493 e. The van der Waals surface area contributed by atoms with E-state index in [-0.39, 0.29) is 17.5 Å². The molecule has 1 N–H and O–H groups in total. The van der Waals surface area contributed by atoms with Crippen LogP contribution in [0, 0.1) is 5.82 Å². The molecule has 5 rings (SSSR count). The molecule has 5 aromatic rings. The second-order valence-electron chi connectivity index (χ2n) is 9.44. The predicted molar refractivity (Wildman–Crippen MR) is 154 cm³/mol. The zero-order chi connectivity index (χ0) is 29.1. The molecule has 208 valence electrons. The van der Waals surface area contributed by atoms with Gasteiger partial charge < -0.3 is 24.1 Å². The van der Waals surface area contributed by atoms with Crippen LogP contribution in [0.1, 0.15) is 30.2 Å². The van der Waals surface area contributed by atoms with Crippen molar-refractivity contribution in [3.63, 3.8) is 0 Å². The summed E-state index contributed by atoms with van der Waals surface area (Å²) in [7, 11) is 3.10. The van der Waals surface area contributed by atoms with Crippen LogP contribution in [0.3, 0.4) is 0 Å². The van der Waals surface area contributed by atoms with Gasteiger partial charge in [0, 0.05) is 47.7 Å². The van der Waals surface area contributed by atoms with Crippen molar-refractivity contribution in [1.82, 2.24) is 14.5 Å². The Balaban J connectivity index is 1.39. The number of methoxy groups -OCH3 is 2. The van der Waals surface area contributed by atoms with E-state index in [2.05, 4.69) is 15.3 Å². The van der Waals surface area contributed by atoms with E-state index in [1.807, 2.05) is 13.8 Å². The number of nitrogens with zero attached hydrogens (tertiary/aromatic N) is 3. The Labute approximate surface area is 235 Å². The van der Waals surface area contributed by atoms with Crippen LogP contribution in [0.15, 0.2) is 84.2 Å². The first kappa shape index (κ1) is 27.3. The fourth-order valence-electron chi connectivity index (χ4n) is 4.25. The average Bonchev–Trinajstić information content (AvgIpc) is 2.98. The summed E-state index contributed by atoms with van der Waals surface area (Å²) in [5.41, 5.74) is 1.33. The van der Waals surface area contributed by atoms with Gasteiger partial charge in [0.05, 0.1) is 31.6 Å². The number of rotatable bonds is 8. The van der Waals surface area contributed by atoms with E-state index >= 15 is 0 Å². The highest BCUT2D eigenvalue weighted by Crippen LogP contribution is 2.36. The monoisotopic (exact) mass is 554 g/mol. The summed E-state index contributed by atoms with van der Waals surface area (Å²) in [6, 6.07) is 14.0. The van der Waals surface area contributed by atoms with Gasteiger partial charge >= 0.3 is 0 Å². The molecule has 0 saturated carbocycles. The Bertz CT molecular complexity index is 1780. The van der Waals surface area contributed by atoms with Crippen LogP contribution in [0.2, 0.25) is 0 Å². The molecule has 3 aromatic heterocycles. The van der Waals surface area contributed by atoms with Crippen LogP contribution < -0.4 is 25.0 Å². The quantitative estimate of drug-likeness (QED) is 0.242. The van der Waals surface area contributed by atoms with Crippen LogP contribution in [0.25, 0.3) is 22.0 Å². The summed E-state index contributed by atoms with van der Waals surface area (Å²) in [5.74, 6) is 0.863. The number of carbonyl (C=O) groups excluding carboxylic acids is 1. The molecule has 0 atom stereocenters. The third-order valence-electron chi connectivity index (χ3n) is 6.46. The van der Waals surface area contributed by atoms with Crippen molar-refractivity contribution in [1.29, 1.82) is 0 Å². The number of anilines is 1. The Morgan fingerprint density at radius 3 is 2.32 bits per heavy atom. The third kappa shape index (κ3) is 5.72. The topological polar surface area (TPSA) is 105 Å². The number of pyridine rings is 3. The van der Waals surface area contributed by atoms with E-state index in [1.54, 1.807) is 61.5 Å². The van der Waals surface area contributed by atoms with E-state index in [0.717, 1.165) is 0 Å². The smallest absolute Gasteiger partial charge is 0.261 e. The van der Waals surface area contributed by atoms with E-state index in [0.29, 0.717) is 45.0 Å². The highest BCUT2D eigenvalue weighted by molar-refractivity contribution is 6.04. The van der Waals surface area contributed by atoms with Gasteiger partial charge in [-0.1, -0.05) is 12.1 Å². The summed E-state index contributed by atoms with van der Waals surface area (Å²) in [6.07, 6.45) is 6.23. The second kappa shape index (κ2) is 11.5. The fraction of sp³-hybridized carbons (Fsp3) is 0.161. The standard InChI is InChI=1S/C31H27FN4O5/c1-18(2)36-16-23(19-5-7-20(32)8-6-19)30(37)24(17-36)31(38)35-21-9-10-29(34-15-21)41-26-11-12-33-25-14-28(40-4)27(39-3)13-22(25)26/h5-18H,1-4H3,(H,35,38). The number of carbonyl (C=O) groups is 1. The lowest BCUT2D eigenvalue weighted by Crippen LogP contribution is -2.25. The Morgan fingerprint density at radius 1 is 0.927 bits per heavy atom. The minimum Gasteiger partial charge on any atom is -0.493 e. The summed E-state index contributed by atoms with van der Waals surface area (Å²) >= 11 is 0. The Kier molecular flexibility index (Phi) is 7.64. The predicted octanol–water partition coefficient (Wildman–Crippen LogP) is 6.24. The summed E-state index contributed by atoms with van der Waals surface area (Å²) in [4.78, 5) is 35.2. The van der Waals surface area contributed by atoms with Gasteiger partial charge in [0.2, 0.25) is 11.3 Å². The first-order valence-corrected chi connectivity index (χ1v) is 12.7. The number of fused-ring (bicyclic) bond motifs is 1. The molecule has 0 aliphatic carbocycles. The number of benzene rings is 2. The summed E-state index contributed by atoms with van der Waals surface area (Å²) < 4.78 is 32.0. The highest BCUT2D eigenvalue weighted by atomic mass is 19.1. The lowest BCUT2D eigenvalue weighted by Gasteiger charge is -2.15. The van der Waals surface area contributed by atoms with Gasteiger partial charge in [-0.25, -0.2) is 9.37 Å². The minimum atomic E-state index is -0.593. The van der Waals surface area contributed by atoms with Crippen LogP contribution in [-0.2, 0) is 0 Å². The molecule has 0 aliphatic rings. The van der Waals surface area contributed by atoms with Crippen LogP contribution in [-0.4, -0.2) is 34.7 Å². The first-order chi connectivity index (χ1) is 19.8. The number of halogens is 1. The van der Waals surface area contributed by atoms with Gasteiger partial charge in [-0.05, 0) is 49.7 Å². The number of aromatic nitrogens is 3. The van der Waals surface area contributed by atoms with Gasteiger partial charge in [0.1, 0.15) is 17.1 Å². The molecule has 0 aliphatic heterocycles. The number of ether oxygens (including phenoxy) is 3. The van der Waals surface area contributed by atoms with Crippen molar-refractivity contribution >= 4 is 22.5 Å². The van der Waals surface area contributed by atoms with Gasteiger partial charge in [0.25, 0.3) is 5.91 Å². The molecule has 0 fully saturated rings.